The molecular weight excluding hydrogens is 407 g/mol. The molecule has 124 valence electrons. The second-order valence-corrected chi connectivity index (χ2v) is 8.83. The Morgan fingerprint density at radius 1 is 0.783 bits per heavy atom. The number of rotatable bonds is 4. The molecule has 0 aliphatic rings. The fourth-order valence-corrected chi connectivity index (χ4v) is 4.72. The van der Waals surface area contributed by atoms with Crippen LogP contribution in [0.4, 0.5) is 0 Å². The summed E-state index contributed by atoms with van der Waals surface area (Å²) in [5.74, 6) is 0. The zero-order chi connectivity index (χ0) is 17.4. The van der Waals surface area contributed by atoms with E-state index in [0.717, 1.165) is 24.3 Å². The van der Waals surface area contributed by atoms with Gasteiger partial charge in [0.15, 0.2) is 22.2 Å². The number of hydrogen-bond donors (Lipinski definition) is 2. The zero-order valence-electron chi connectivity index (χ0n) is 11.0. The third-order valence-corrected chi connectivity index (χ3v) is 6.86. The SMILES string of the molecule is O=S(O)c1cc(S(=O)(=O)c2ccc(Cl)c(S(=O)O)c2)ccc1Cl. The van der Waals surface area contributed by atoms with E-state index in [-0.39, 0.29) is 29.6 Å². The largest absolute Gasteiger partial charge is 0.302 e. The van der Waals surface area contributed by atoms with E-state index in [1.54, 1.807) is 0 Å². The minimum absolute atomic E-state index is 0.0574. The van der Waals surface area contributed by atoms with Gasteiger partial charge in [-0.1, -0.05) is 23.2 Å². The van der Waals surface area contributed by atoms with E-state index in [0.29, 0.717) is 0 Å². The molecule has 2 aromatic carbocycles. The fraction of sp³-hybridized carbons (Fsp3) is 0. The Balaban J connectivity index is 2.64. The molecule has 2 aromatic rings. The van der Waals surface area contributed by atoms with Crippen molar-refractivity contribution in [2.75, 3.05) is 0 Å². The lowest BCUT2D eigenvalue weighted by atomic mass is 10.3. The molecule has 2 rings (SSSR count). The Labute approximate surface area is 146 Å². The number of benzene rings is 2. The van der Waals surface area contributed by atoms with Crippen LogP contribution in [0.2, 0.25) is 10.0 Å². The monoisotopic (exact) mass is 414 g/mol. The van der Waals surface area contributed by atoms with Gasteiger partial charge in [-0.15, -0.1) is 0 Å². The Kier molecular flexibility index (Phi) is 5.62. The van der Waals surface area contributed by atoms with Gasteiger partial charge in [0.1, 0.15) is 0 Å². The summed E-state index contributed by atoms with van der Waals surface area (Å²) in [4.78, 5) is -1.08. The molecule has 0 saturated carbocycles. The van der Waals surface area contributed by atoms with Crippen molar-refractivity contribution in [3.63, 3.8) is 0 Å². The van der Waals surface area contributed by atoms with Gasteiger partial charge in [-0.2, -0.15) is 0 Å². The van der Waals surface area contributed by atoms with Crippen LogP contribution in [0, 0.1) is 0 Å². The lowest BCUT2D eigenvalue weighted by molar-refractivity contribution is 0.562. The Bertz CT molecular complexity index is 857. The molecule has 0 saturated heterocycles. The smallest absolute Gasteiger partial charge is 0.206 e. The molecule has 0 bridgehead atoms. The van der Waals surface area contributed by atoms with Crippen LogP contribution in [0.1, 0.15) is 0 Å². The first kappa shape index (κ1) is 18.5. The third-order valence-electron chi connectivity index (χ3n) is 2.80. The van der Waals surface area contributed by atoms with Crippen molar-refractivity contribution >= 4 is 55.2 Å². The molecular formula is C12H8Cl2O6S3. The summed E-state index contributed by atoms with van der Waals surface area (Å²) in [6.07, 6.45) is 0. The molecule has 0 aliphatic heterocycles. The van der Waals surface area contributed by atoms with Crippen LogP contribution >= 0.6 is 23.2 Å². The Morgan fingerprint density at radius 2 is 1.13 bits per heavy atom. The molecule has 2 N–H and O–H groups in total. The van der Waals surface area contributed by atoms with Crippen LogP contribution < -0.4 is 0 Å². The molecule has 0 amide bonds. The second kappa shape index (κ2) is 6.98. The first-order valence-electron chi connectivity index (χ1n) is 5.70. The van der Waals surface area contributed by atoms with Gasteiger partial charge in [0.05, 0.1) is 29.6 Å². The van der Waals surface area contributed by atoms with Crippen molar-refractivity contribution in [1.29, 1.82) is 0 Å². The van der Waals surface area contributed by atoms with E-state index in [1.165, 1.54) is 12.1 Å². The first-order chi connectivity index (χ1) is 10.6. The molecule has 2 unspecified atom stereocenters. The van der Waals surface area contributed by atoms with Gasteiger partial charge in [0, 0.05) is 0 Å². The van der Waals surface area contributed by atoms with Crippen LogP contribution in [0.5, 0.6) is 0 Å². The van der Waals surface area contributed by atoms with Crippen LogP contribution in [0.3, 0.4) is 0 Å². The van der Waals surface area contributed by atoms with E-state index in [9.17, 15) is 16.8 Å². The number of sulfone groups is 1. The Hall–Kier alpha value is -0.810. The average molecular weight is 415 g/mol. The highest BCUT2D eigenvalue weighted by Gasteiger charge is 2.22. The van der Waals surface area contributed by atoms with Gasteiger partial charge in [-0.05, 0) is 36.4 Å². The summed E-state index contributed by atoms with van der Waals surface area (Å²) < 4.78 is 65.7. The maximum absolute atomic E-state index is 12.6. The summed E-state index contributed by atoms with van der Waals surface area (Å²) >= 11 is 6.55. The standard InChI is InChI=1S/C12H8Cl2O6S3/c13-9-3-1-7(5-11(9)21(15)16)23(19,20)8-2-4-10(14)12(6-8)22(17)18/h1-6H,(H,15,16)(H,17,18). The molecule has 11 heteroatoms. The van der Waals surface area contributed by atoms with Gasteiger partial charge in [0.25, 0.3) is 0 Å². The summed E-state index contributed by atoms with van der Waals surface area (Å²) in [6.45, 7) is 0. The zero-order valence-corrected chi connectivity index (χ0v) is 14.9. The summed E-state index contributed by atoms with van der Waals surface area (Å²) in [7, 11) is -4.09. The Morgan fingerprint density at radius 3 is 1.43 bits per heavy atom. The van der Waals surface area contributed by atoms with E-state index in [2.05, 4.69) is 0 Å². The number of halogens is 2. The minimum atomic E-state index is -4.09. The maximum atomic E-state index is 12.6. The predicted octanol–water partition coefficient (Wildman–Crippen LogP) is 2.99. The molecule has 0 fully saturated rings. The van der Waals surface area contributed by atoms with Gasteiger partial charge in [0.2, 0.25) is 9.84 Å². The van der Waals surface area contributed by atoms with Crippen molar-refractivity contribution in [3.05, 3.63) is 46.4 Å². The van der Waals surface area contributed by atoms with Gasteiger partial charge >= 0.3 is 0 Å². The first-order valence-corrected chi connectivity index (χ1v) is 10.2. The molecule has 6 nitrogen and oxygen atoms in total. The molecule has 0 aliphatic carbocycles. The highest BCUT2D eigenvalue weighted by molar-refractivity contribution is 7.91. The molecule has 2 atom stereocenters. The minimum Gasteiger partial charge on any atom is -0.302 e. The predicted molar refractivity (Wildman–Crippen MR) is 86.4 cm³/mol. The van der Waals surface area contributed by atoms with E-state index in [4.69, 9.17) is 32.3 Å². The summed E-state index contributed by atoms with van der Waals surface area (Å²) in [6, 6.07) is 6.63. The molecule has 0 spiro atoms. The lowest BCUT2D eigenvalue weighted by Gasteiger charge is -2.08. The lowest BCUT2D eigenvalue weighted by Crippen LogP contribution is -2.05. The summed E-state index contributed by atoms with van der Waals surface area (Å²) in [5.41, 5.74) is 0. The van der Waals surface area contributed by atoms with Crippen molar-refractivity contribution in [1.82, 2.24) is 0 Å². The molecule has 23 heavy (non-hydrogen) atoms. The normalized spacial score (nSPS) is 14.4. The van der Waals surface area contributed by atoms with Crippen LogP contribution in [-0.4, -0.2) is 25.9 Å². The van der Waals surface area contributed by atoms with Gasteiger partial charge < -0.3 is 9.11 Å². The van der Waals surface area contributed by atoms with Gasteiger partial charge in [-0.3, -0.25) is 0 Å². The molecule has 0 heterocycles. The quantitative estimate of drug-likeness (QED) is 0.744. The van der Waals surface area contributed by atoms with E-state index < -0.39 is 32.0 Å². The van der Waals surface area contributed by atoms with Crippen molar-refractivity contribution < 1.29 is 25.9 Å². The molecule has 0 aromatic heterocycles. The van der Waals surface area contributed by atoms with Crippen molar-refractivity contribution in [3.8, 4) is 0 Å². The molecule has 0 radical (unpaired) electrons. The van der Waals surface area contributed by atoms with E-state index >= 15 is 0 Å². The van der Waals surface area contributed by atoms with E-state index in [1.807, 2.05) is 0 Å². The van der Waals surface area contributed by atoms with Crippen molar-refractivity contribution in [2.24, 2.45) is 0 Å². The highest BCUT2D eigenvalue weighted by atomic mass is 35.5. The highest BCUT2D eigenvalue weighted by Crippen LogP contribution is 2.29. The van der Waals surface area contributed by atoms with Gasteiger partial charge in [-0.25, -0.2) is 16.8 Å². The fourth-order valence-electron chi connectivity index (χ4n) is 1.71. The third kappa shape index (κ3) is 3.82. The van der Waals surface area contributed by atoms with Crippen LogP contribution in [-0.2, 0) is 32.0 Å². The van der Waals surface area contributed by atoms with Crippen LogP contribution in [0.15, 0.2) is 56.0 Å². The van der Waals surface area contributed by atoms with Crippen LogP contribution in [0.25, 0.3) is 0 Å². The van der Waals surface area contributed by atoms with Crippen molar-refractivity contribution in [2.45, 2.75) is 19.6 Å². The second-order valence-electron chi connectivity index (χ2n) is 4.19. The maximum Gasteiger partial charge on any atom is 0.206 e. The average Bonchev–Trinajstić information content (AvgIpc) is 2.47. The number of hydrogen-bond acceptors (Lipinski definition) is 4. The topological polar surface area (TPSA) is 109 Å². The summed E-state index contributed by atoms with van der Waals surface area (Å²) in [5, 5.41) is -0.115.